The highest BCUT2D eigenvalue weighted by atomic mass is 127. The zero-order valence-electron chi connectivity index (χ0n) is 13.8. The van der Waals surface area contributed by atoms with E-state index in [1.54, 1.807) is 31.2 Å². The lowest BCUT2D eigenvalue weighted by Crippen LogP contribution is -2.38. The van der Waals surface area contributed by atoms with E-state index in [4.69, 9.17) is 0 Å². The molecule has 0 heterocycles. The molecule has 2 amide bonds. The number of carbonyl (C=O) groups excluding carboxylic acids is 2. The number of nitrogens with zero attached hydrogens (tertiary/aromatic N) is 1. The normalized spacial score (nSPS) is 11.1. The van der Waals surface area contributed by atoms with Gasteiger partial charge in [-0.1, -0.05) is 24.3 Å². The molecule has 2 aromatic carbocycles. The molecule has 26 heavy (non-hydrogen) atoms. The Morgan fingerprint density at radius 1 is 1.08 bits per heavy atom. The summed E-state index contributed by atoms with van der Waals surface area (Å²) in [5, 5.41) is 2.25. The summed E-state index contributed by atoms with van der Waals surface area (Å²) in [6.45, 7) is 1.61. The van der Waals surface area contributed by atoms with Gasteiger partial charge in [0.2, 0.25) is 5.91 Å². The Morgan fingerprint density at radius 2 is 1.69 bits per heavy atom. The molecular formula is C18H16F3IN2O2. The van der Waals surface area contributed by atoms with E-state index in [-0.39, 0.29) is 24.7 Å². The van der Waals surface area contributed by atoms with Gasteiger partial charge in [0, 0.05) is 10.1 Å². The number of benzene rings is 2. The number of nitrogens with one attached hydrogen (secondary N) is 1. The largest absolute Gasteiger partial charge is 0.418 e. The van der Waals surface area contributed by atoms with Crippen LogP contribution in [-0.4, -0.2) is 29.8 Å². The molecule has 0 bridgehead atoms. The van der Waals surface area contributed by atoms with Crippen LogP contribution in [0.5, 0.6) is 0 Å². The Labute approximate surface area is 162 Å². The maximum Gasteiger partial charge on any atom is 0.418 e. The molecule has 2 aromatic rings. The molecule has 0 saturated carbocycles. The third kappa shape index (κ3) is 4.96. The van der Waals surface area contributed by atoms with E-state index in [1.807, 2.05) is 22.6 Å². The molecule has 4 nitrogen and oxygen atoms in total. The third-order valence-corrected chi connectivity index (χ3v) is 4.55. The molecular weight excluding hydrogens is 460 g/mol. The van der Waals surface area contributed by atoms with Crippen molar-refractivity contribution >= 4 is 40.1 Å². The third-order valence-electron chi connectivity index (χ3n) is 3.61. The van der Waals surface area contributed by atoms with Gasteiger partial charge in [-0.15, -0.1) is 0 Å². The van der Waals surface area contributed by atoms with Crippen molar-refractivity contribution in [1.29, 1.82) is 0 Å². The number of carbonyl (C=O) groups is 2. The molecule has 0 atom stereocenters. The smallest absolute Gasteiger partial charge is 0.330 e. The zero-order chi connectivity index (χ0) is 19.3. The molecule has 2 rings (SSSR count). The summed E-state index contributed by atoms with van der Waals surface area (Å²) in [7, 11) is 0. The molecule has 138 valence electrons. The Balaban J connectivity index is 2.14. The Morgan fingerprint density at radius 3 is 2.31 bits per heavy atom. The fraction of sp³-hybridized carbons (Fsp3) is 0.222. The summed E-state index contributed by atoms with van der Waals surface area (Å²) in [6.07, 6.45) is -4.58. The van der Waals surface area contributed by atoms with Crippen molar-refractivity contribution in [1.82, 2.24) is 4.90 Å². The van der Waals surface area contributed by atoms with Crippen LogP contribution in [0.4, 0.5) is 18.9 Å². The lowest BCUT2D eigenvalue weighted by Gasteiger charge is -2.21. The maximum absolute atomic E-state index is 13.0. The Bertz CT molecular complexity index is 809. The van der Waals surface area contributed by atoms with Gasteiger partial charge >= 0.3 is 6.18 Å². The van der Waals surface area contributed by atoms with E-state index in [9.17, 15) is 22.8 Å². The molecule has 0 unspecified atom stereocenters. The summed E-state index contributed by atoms with van der Waals surface area (Å²) in [5.74, 6) is -1.04. The topological polar surface area (TPSA) is 49.4 Å². The van der Waals surface area contributed by atoms with E-state index in [0.717, 1.165) is 9.64 Å². The lowest BCUT2D eigenvalue weighted by atomic mass is 10.1. The van der Waals surface area contributed by atoms with Crippen LogP contribution >= 0.6 is 22.6 Å². The second-order valence-corrected chi connectivity index (χ2v) is 6.55. The minimum absolute atomic E-state index is 0.248. The predicted octanol–water partition coefficient (Wildman–Crippen LogP) is 4.41. The molecule has 0 fully saturated rings. The van der Waals surface area contributed by atoms with E-state index in [0.29, 0.717) is 5.56 Å². The SMILES string of the molecule is CCN(CC(=O)Nc1ccccc1C(F)(F)F)C(=O)c1ccccc1I. The minimum Gasteiger partial charge on any atom is -0.330 e. The van der Waals surface area contributed by atoms with Crippen molar-refractivity contribution in [2.75, 3.05) is 18.4 Å². The molecule has 0 saturated heterocycles. The summed E-state index contributed by atoms with van der Waals surface area (Å²) in [5.41, 5.74) is -0.818. The van der Waals surface area contributed by atoms with Crippen LogP contribution < -0.4 is 5.32 Å². The highest BCUT2D eigenvalue weighted by Gasteiger charge is 2.33. The summed E-state index contributed by atoms with van der Waals surface area (Å²) >= 11 is 2.02. The van der Waals surface area contributed by atoms with Gasteiger partial charge in [0.1, 0.15) is 6.54 Å². The number of likely N-dealkylation sites (N-methyl/N-ethyl adjacent to an activating group) is 1. The van der Waals surface area contributed by atoms with Gasteiger partial charge in [0.05, 0.1) is 16.8 Å². The number of amides is 2. The van der Waals surface area contributed by atoms with Crippen molar-refractivity contribution in [3.63, 3.8) is 0 Å². The first-order valence-corrected chi connectivity index (χ1v) is 8.81. The van der Waals surface area contributed by atoms with Crippen LogP contribution in [0.2, 0.25) is 0 Å². The minimum atomic E-state index is -4.58. The van der Waals surface area contributed by atoms with Crippen LogP contribution in [0.1, 0.15) is 22.8 Å². The zero-order valence-corrected chi connectivity index (χ0v) is 16.0. The molecule has 0 radical (unpaired) electrons. The number of para-hydroxylation sites is 1. The van der Waals surface area contributed by atoms with Crippen LogP contribution in [0.3, 0.4) is 0 Å². The van der Waals surface area contributed by atoms with Crippen molar-refractivity contribution in [2.24, 2.45) is 0 Å². The maximum atomic E-state index is 13.0. The molecule has 1 N–H and O–H groups in total. The number of rotatable bonds is 5. The summed E-state index contributed by atoms with van der Waals surface area (Å²) in [6, 6.07) is 11.6. The first-order chi connectivity index (χ1) is 12.2. The van der Waals surface area contributed by atoms with Gasteiger partial charge in [-0.3, -0.25) is 9.59 Å². The van der Waals surface area contributed by atoms with Gasteiger partial charge in [0.25, 0.3) is 5.91 Å². The number of halogens is 4. The molecule has 8 heteroatoms. The number of alkyl halides is 3. The monoisotopic (exact) mass is 476 g/mol. The summed E-state index contributed by atoms with van der Waals surface area (Å²) in [4.78, 5) is 26.1. The van der Waals surface area contributed by atoms with Crippen molar-refractivity contribution in [2.45, 2.75) is 13.1 Å². The van der Waals surface area contributed by atoms with E-state index in [2.05, 4.69) is 5.32 Å². The van der Waals surface area contributed by atoms with E-state index >= 15 is 0 Å². The molecule has 0 aliphatic carbocycles. The molecule has 0 aromatic heterocycles. The van der Waals surface area contributed by atoms with Crippen molar-refractivity contribution in [3.8, 4) is 0 Å². The van der Waals surface area contributed by atoms with Gasteiger partial charge < -0.3 is 10.2 Å². The number of hydrogen-bond acceptors (Lipinski definition) is 2. The predicted molar refractivity (Wildman–Crippen MR) is 101 cm³/mol. The fourth-order valence-electron chi connectivity index (χ4n) is 2.33. The fourth-order valence-corrected chi connectivity index (χ4v) is 2.95. The van der Waals surface area contributed by atoms with Gasteiger partial charge in [-0.25, -0.2) is 0 Å². The van der Waals surface area contributed by atoms with Crippen LogP contribution in [0.15, 0.2) is 48.5 Å². The van der Waals surface area contributed by atoms with E-state index < -0.39 is 17.6 Å². The number of anilines is 1. The van der Waals surface area contributed by atoms with Crippen molar-refractivity contribution in [3.05, 3.63) is 63.2 Å². The molecule has 0 aliphatic heterocycles. The lowest BCUT2D eigenvalue weighted by molar-refractivity contribution is -0.137. The average Bonchev–Trinajstić information content (AvgIpc) is 2.59. The van der Waals surface area contributed by atoms with Crippen LogP contribution in [-0.2, 0) is 11.0 Å². The first-order valence-electron chi connectivity index (χ1n) is 7.74. The van der Waals surface area contributed by atoms with Crippen LogP contribution in [0.25, 0.3) is 0 Å². The number of hydrogen-bond donors (Lipinski definition) is 1. The molecule has 0 aliphatic rings. The standard InChI is InChI=1S/C18H16F3IN2O2/c1-2-24(17(26)12-7-3-5-9-14(12)22)11-16(25)23-15-10-6-4-8-13(15)18(19,20)21/h3-10H,2,11H2,1H3,(H,23,25). The first kappa shape index (κ1) is 20.2. The van der Waals surface area contributed by atoms with Crippen molar-refractivity contribution < 1.29 is 22.8 Å². The van der Waals surface area contributed by atoms with Gasteiger partial charge in [0.15, 0.2) is 0 Å². The Kier molecular flexibility index (Phi) is 6.63. The highest BCUT2D eigenvalue weighted by Crippen LogP contribution is 2.34. The molecule has 0 spiro atoms. The van der Waals surface area contributed by atoms with E-state index in [1.165, 1.54) is 23.1 Å². The average molecular weight is 476 g/mol. The highest BCUT2D eigenvalue weighted by molar-refractivity contribution is 14.1. The second kappa shape index (κ2) is 8.52. The Hall–Kier alpha value is -2.10. The summed E-state index contributed by atoms with van der Waals surface area (Å²) < 4.78 is 39.7. The van der Waals surface area contributed by atoms with Crippen LogP contribution in [0, 0.1) is 3.57 Å². The second-order valence-electron chi connectivity index (χ2n) is 5.39. The quantitative estimate of drug-likeness (QED) is 0.651. The van der Waals surface area contributed by atoms with Gasteiger partial charge in [-0.05, 0) is 53.8 Å². The van der Waals surface area contributed by atoms with Gasteiger partial charge in [-0.2, -0.15) is 13.2 Å².